The zero-order valence-corrected chi connectivity index (χ0v) is 9.21. The molecule has 2 unspecified atom stereocenters. The van der Waals surface area contributed by atoms with Crippen LogP contribution in [0.4, 0.5) is 0 Å². The smallest absolute Gasteiger partial charge is 0.230 e. The Balaban J connectivity index is 2.78. The van der Waals surface area contributed by atoms with Crippen molar-refractivity contribution in [3.63, 3.8) is 0 Å². The molecular formula is C8H15N3O2S. The molecule has 1 fully saturated rings. The molecule has 1 heterocycles. The van der Waals surface area contributed by atoms with Gasteiger partial charge in [-0.25, -0.2) is 8.42 Å². The number of rotatable bonds is 2. The SMILES string of the molecule is CC1CN(S(=O)(=O)C(C)C#N)CCN1. The highest BCUT2D eigenvalue weighted by atomic mass is 32.2. The second-order valence-corrected chi connectivity index (χ2v) is 5.78. The van der Waals surface area contributed by atoms with Gasteiger partial charge in [0.05, 0.1) is 6.07 Å². The van der Waals surface area contributed by atoms with Crippen molar-refractivity contribution in [3.05, 3.63) is 0 Å². The van der Waals surface area contributed by atoms with Gasteiger partial charge in [0.15, 0.2) is 5.25 Å². The van der Waals surface area contributed by atoms with Gasteiger partial charge in [0.25, 0.3) is 0 Å². The predicted octanol–water partition coefficient (Wildman–Crippen LogP) is -0.478. The Bertz CT molecular complexity index is 333. The third-order valence-electron chi connectivity index (χ3n) is 2.32. The van der Waals surface area contributed by atoms with Crippen molar-refractivity contribution < 1.29 is 8.42 Å². The number of nitriles is 1. The maximum atomic E-state index is 11.7. The van der Waals surface area contributed by atoms with Gasteiger partial charge in [-0.3, -0.25) is 0 Å². The monoisotopic (exact) mass is 217 g/mol. The van der Waals surface area contributed by atoms with Crippen molar-refractivity contribution in [2.45, 2.75) is 25.1 Å². The van der Waals surface area contributed by atoms with Crippen LogP contribution in [0.3, 0.4) is 0 Å². The van der Waals surface area contributed by atoms with E-state index in [1.807, 2.05) is 6.92 Å². The van der Waals surface area contributed by atoms with E-state index < -0.39 is 15.3 Å². The van der Waals surface area contributed by atoms with Gasteiger partial charge in [0.2, 0.25) is 10.0 Å². The molecule has 0 aromatic rings. The lowest BCUT2D eigenvalue weighted by Gasteiger charge is -2.31. The average Bonchev–Trinajstić information content (AvgIpc) is 2.16. The van der Waals surface area contributed by atoms with Gasteiger partial charge in [-0.05, 0) is 13.8 Å². The first-order valence-corrected chi connectivity index (χ1v) is 6.10. The van der Waals surface area contributed by atoms with Crippen molar-refractivity contribution in [3.8, 4) is 6.07 Å². The molecule has 0 aliphatic carbocycles. The van der Waals surface area contributed by atoms with Crippen LogP contribution in [0, 0.1) is 11.3 Å². The van der Waals surface area contributed by atoms with Gasteiger partial charge < -0.3 is 5.32 Å². The molecular weight excluding hydrogens is 202 g/mol. The zero-order valence-electron chi connectivity index (χ0n) is 8.40. The molecule has 1 aliphatic rings. The minimum Gasteiger partial charge on any atom is -0.312 e. The Labute approximate surface area is 84.8 Å². The summed E-state index contributed by atoms with van der Waals surface area (Å²) in [5.74, 6) is 0. The van der Waals surface area contributed by atoms with Crippen LogP contribution in [0.2, 0.25) is 0 Å². The fourth-order valence-electron chi connectivity index (χ4n) is 1.42. The largest absolute Gasteiger partial charge is 0.312 e. The molecule has 1 aliphatic heterocycles. The second kappa shape index (κ2) is 4.26. The summed E-state index contributed by atoms with van der Waals surface area (Å²) in [6.45, 7) is 4.91. The van der Waals surface area contributed by atoms with Crippen molar-refractivity contribution in [2.24, 2.45) is 0 Å². The summed E-state index contributed by atoms with van der Waals surface area (Å²) >= 11 is 0. The zero-order chi connectivity index (χ0) is 10.8. The molecule has 0 bridgehead atoms. The Morgan fingerprint density at radius 1 is 1.64 bits per heavy atom. The molecule has 0 amide bonds. The normalized spacial score (nSPS) is 26.8. The van der Waals surface area contributed by atoms with Crippen LogP contribution in [0.1, 0.15) is 13.8 Å². The summed E-state index contributed by atoms with van der Waals surface area (Å²) in [5, 5.41) is 10.8. The van der Waals surface area contributed by atoms with Crippen LogP contribution >= 0.6 is 0 Å². The first-order valence-electron chi connectivity index (χ1n) is 4.60. The highest BCUT2D eigenvalue weighted by Gasteiger charge is 2.31. The van der Waals surface area contributed by atoms with Crippen LogP contribution in [-0.4, -0.2) is 43.6 Å². The molecule has 0 spiro atoms. The van der Waals surface area contributed by atoms with E-state index in [0.717, 1.165) is 0 Å². The molecule has 1 rings (SSSR count). The Morgan fingerprint density at radius 2 is 2.29 bits per heavy atom. The standard InChI is InChI=1S/C8H15N3O2S/c1-7-6-11(4-3-10-7)14(12,13)8(2)5-9/h7-8,10H,3-4,6H2,1-2H3. The summed E-state index contributed by atoms with van der Waals surface area (Å²) in [4.78, 5) is 0. The molecule has 0 aromatic heterocycles. The highest BCUT2D eigenvalue weighted by Crippen LogP contribution is 2.11. The number of nitrogens with zero attached hydrogens (tertiary/aromatic N) is 2. The molecule has 80 valence electrons. The van der Waals surface area contributed by atoms with Crippen LogP contribution in [0.25, 0.3) is 0 Å². The van der Waals surface area contributed by atoms with Crippen LogP contribution in [-0.2, 0) is 10.0 Å². The first-order chi connectivity index (χ1) is 6.48. The molecule has 2 atom stereocenters. The minimum absolute atomic E-state index is 0.157. The van der Waals surface area contributed by atoms with Gasteiger partial charge >= 0.3 is 0 Å². The summed E-state index contributed by atoms with van der Waals surface area (Å²) in [6.07, 6.45) is 0. The van der Waals surface area contributed by atoms with Crippen molar-refractivity contribution in [1.29, 1.82) is 5.26 Å². The fraction of sp³-hybridized carbons (Fsp3) is 0.875. The maximum Gasteiger partial charge on any atom is 0.230 e. The lowest BCUT2D eigenvalue weighted by molar-refractivity contribution is 0.309. The third-order valence-corrected chi connectivity index (χ3v) is 4.37. The van der Waals surface area contributed by atoms with E-state index in [-0.39, 0.29) is 6.04 Å². The van der Waals surface area contributed by atoms with Crippen molar-refractivity contribution in [2.75, 3.05) is 19.6 Å². The summed E-state index contributed by atoms with van der Waals surface area (Å²) < 4.78 is 24.9. The quantitative estimate of drug-likeness (QED) is 0.678. The van der Waals surface area contributed by atoms with E-state index in [1.54, 1.807) is 6.07 Å². The molecule has 0 radical (unpaired) electrons. The van der Waals surface area contributed by atoms with Crippen LogP contribution in [0.5, 0.6) is 0 Å². The number of sulfonamides is 1. The van der Waals surface area contributed by atoms with Gasteiger partial charge in [-0.2, -0.15) is 9.57 Å². The predicted molar refractivity (Wildman–Crippen MR) is 53.0 cm³/mol. The summed E-state index contributed by atoms with van der Waals surface area (Å²) in [6, 6.07) is 1.92. The Morgan fingerprint density at radius 3 is 2.79 bits per heavy atom. The number of piperazine rings is 1. The third kappa shape index (κ3) is 2.23. The molecule has 6 heteroatoms. The van der Waals surface area contributed by atoms with Gasteiger partial charge in [-0.1, -0.05) is 0 Å². The Hall–Kier alpha value is -0.640. The number of hydrogen-bond donors (Lipinski definition) is 1. The van der Waals surface area contributed by atoms with E-state index in [4.69, 9.17) is 5.26 Å². The van der Waals surface area contributed by atoms with Crippen molar-refractivity contribution >= 4 is 10.0 Å². The molecule has 1 saturated heterocycles. The Kier molecular flexibility index (Phi) is 3.48. The van der Waals surface area contributed by atoms with Gasteiger partial charge in [-0.15, -0.1) is 0 Å². The molecule has 14 heavy (non-hydrogen) atoms. The van der Waals surface area contributed by atoms with Crippen LogP contribution in [0.15, 0.2) is 0 Å². The fourth-order valence-corrected chi connectivity index (χ4v) is 2.78. The van der Waals surface area contributed by atoms with E-state index in [0.29, 0.717) is 19.6 Å². The van der Waals surface area contributed by atoms with E-state index >= 15 is 0 Å². The topological polar surface area (TPSA) is 73.2 Å². The maximum absolute atomic E-state index is 11.7. The van der Waals surface area contributed by atoms with E-state index in [1.165, 1.54) is 11.2 Å². The van der Waals surface area contributed by atoms with Crippen molar-refractivity contribution in [1.82, 2.24) is 9.62 Å². The minimum atomic E-state index is -3.41. The summed E-state index contributed by atoms with van der Waals surface area (Å²) in [5.41, 5.74) is 0. The lowest BCUT2D eigenvalue weighted by atomic mass is 10.3. The molecule has 0 aromatic carbocycles. The average molecular weight is 217 g/mol. The van der Waals surface area contributed by atoms with Crippen LogP contribution < -0.4 is 5.32 Å². The van der Waals surface area contributed by atoms with E-state index in [2.05, 4.69) is 5.32 Å². The second-order valence-electron chi connectivity index (χ2n) is 3.53. The highest BCUT2D eigenvalue weighted by molar-refractivity contribution is 7.89. The first kappa shape index (κ1) is 11.4. The molecule has 1 N–H and O–H groups in total. The molecule has 0 saturated carbocycles. The number of nitrogens with one attached hydrogen (secondary N) is 1. The van der Waals surface area contributed by atoms with Gasteiger partial charge in [0.1, 0.15) is 0 Å². The molecule has 5 nitrogen and oxygen atoms in total. The van der Waals surface area contributed by atoms with Gasteiger partial charge in [0, 0.05) is 25.7 Å². The van der Waals surface area contributed by atoms with E-state index in [9.17, 15) is 8.42 Å². The number of hydrogen-bond acceptors (Lipinski definition) is 4. The lowest BCUT2D eigenvalue weighted by Crippen LogP contribution is -2.52. The summed E-state index contributed by atoms with van der Waals surface area (Å²) in [7, 11) is -3.41.